The molecule has 0 saturated carbocycles. The maximum absolute atomic E-state index is 12.9. The van der Waals surface area contributed by atoms with Crippen LogP contribution in [0.2, 0.25) is 0 Å². The van der Waals surface area contributed by atoms with Gasteiger partial charge in [-0.05, 0) is 24.3 Å². The third-order valence-corrected chi connectivity index (χ3v) is 3.31. The molecule has 8 heteroatoms. The second-order valence-electron chi connectivity index (χ2n) is 4.95. The Bertz CT molecular complexity index is 809. The van der Waals surface area contributed by atoms with Gasteiger partial charge in [0.2, 0.25) is 0 Å². The average Bonchev–Trinajstić information content (AvgIpc) is 3.18. The zero-order chi connectivity index (χ0) is 16.2. The van der Waals surface area contributed by atoms with Gasteiger partial charge in [0.05, 0.1) is 0 Å². The minimum Gasteiger partial charge on any atom is -0.355 e. The van der Waals surface area contributed by atoms with Crippen molar-refractivity contribution in [1.82, 2.24) is 25.2 Å². The molecule has 0 aliphatic carbocycles. The van der Waals surface area contributed by atoms with Gasteiger partial charge < -0.3 is 14.4 Å². The van der Waals surface area contributed by atoms with Crippen molar-refractivity contribution in [2.75, 3.05) is 6.54 Å². The lowest BCUT2D eigenvalue weighted by molar-refractivity contribution is 0.0945. The highest BCUT2D eigenvalue weighted by molar-refractivity contribution is 5.93. The molecule has 0 unspecified atom stereocenters. The van der Waals surface area contributed by atoms with Gasteiger partial charge in [-0.25, -0.2) is 4.39 Å². The van der Waals surface area contributed by atoms with Gasteiger partial charge in [-0.15, -0.1) is 10.2 Å². The molecular formula is C15H14FN5O2. The van der Waals surface area contributed by atoms with E-state index in [0.29, 0.717) is 24.3 Å². The summed E-state index contributed by atoms with van der Waals surface area (Å²) in [5.41, 5.74) is 0.819. The lowest BCUT2D eigenvalue weighted by Gasteiger charge is -2.02. The summed E-state index contributed by atoms with van der Waals surface area (Å²) >= 11 is 0. The fourth-order valence-corrected chi connectivity index (χ4v) is 2.04. The molecule has 3 rings (SSSR count). The molecule has 0 aliphatic rings. The van der Waals surface area contributed by atoms with Crippen molar-refractivity contribution in [1.29, 1.82) is 0 Å². The van der Waals surface area contributed by atoms with E-state index in [9.17, 15) is 9.18 Å². The van der Waals surface area contributed by atoms with Crippen LogP contribution in [-0.4, -0.2) is 32.4 Å². The first-order valence-electron chi connectivity index (χ1n) is 6.97. The monoisotopic (exact) mass is 315 g/mol. The number of hydrogen-bond donors (Lipinski definition) is 1. The SMILES string of the molecule is Cn1cnnc1CCNC(=O)c1cc(-c2ccc(F)cc2)on1. The Balaban J connectivity index is 1.60. The Hall–Kier alpha value is -3.03. The average molecular weight is 315 g/mol. The zero-order valence-corrected chi connectivity index (χ0v) is 12.4. The van der Waals surface area contributed by atoms with Crippen LogP contribution in [0.5, 0.6) is 0 Å². The molecule has 1 amide bonds. The molecule has 2 heterocycles. The highest BCUT2D eigenvalue weighted by Crippen LogP contribution is 2.20. The molecular weight excluding hydrogens is 301 g/mol. The highest BCUT2D eigenvalue weighted by atomic mass is 19.1. The highest BCUT2D eigenvalue weighted by Gasteiger charge is 2.13. The summed E-state index contributed by atoms with van der Waals surface area (Å²) in [5, 5.41) is 14.2. The number of aryl methyl sites for hydroxylation is 1. The zero-order valence-electron chi connectivity index (χ0n) is 12.4. The van der Waals surface area contributed by atoms with Gasteiger partial charge in [-0.1, -0.05) is 5.16 Å². The fraction of sp³-hybridized carbons (Fsp3) is 0.200. The molecule has 3 aromatic rings. The summed E-state index contributed by atoms with van der Waals surface area (Å²) in [6, 6.07) is 7.28. The lowest BCUT2D eigenvalue weighted by Crippen LogP contribution is -2.26. The van der Waals surface area contributed by atoms with E-state index in [2.05, 4.69) is 20.7 Å². The molecule has 0 aliphatic heterocycles. The van der Waals surface area contributed by atoms with Crippen LogP contribution in [0.15, 0.2) is 41.2 Å². The van der Waals surface area contributed by atoms with E-state index in [0.717, 1.165) is 5.82 Å². The number of carbonyl (C=O) groups is 1. The number of rotatable bonds is 5. The third-order valence-electron chi connectivity index (χ3n) is 3.31. The van der Waals surface area contributed by atoms with E-state index >= 15 is 0 Å². The summed E-state index contributed by atoms with van der Waals surface area (Å²) in [7, 11) is 1.84. The molecule has 118 valence electrons. The van der Waals surface area contributed by atoms with E-state index in [1.54, 1.807) is 23.0 Å². The number of hydrogen-bond acceptors (Lipinski definition) is 5. The van der Waals surface area contributed by atoms with E-state index in [1.165, 1.54) is 18.2 Å². The van der Waals surface area contributed by atoms with Gasteiger partial charge in [-0.3, -0.25) is 4.79 Å². The molecule has 0 bridgehead atoms. The van der Waals surface area contributed by atoms with Gasteiger partial charge >= 0.3 is 0 Å². The first kappa shape index (κ1) is 14.9. The van der Waals surface area contributed by atoms with Crippen molar-refractivity contribution in [2.24, 2.45) is 7.05 Å². The Morgan fingerprint density at radius 3 is 2.83 bits per heavy atom. The van der Waals surface area contributed by atoms with E-state index in [1.807, 2.05) is 7.05 Å². The van der Waals surface area contributed by atoms with Crippen LogP contribution < -0.4 is 5.32 Å². The molecule has 1 aromatic carbocycles. The van der Waals surface area contributed by atoms with Crippen molar-refractivity contribution in [2.45, 2.75) is 6.42 Å². The van der Waals surface area contributed by atoms with Crippen molar-refractivity contribution < 1.29 is 13.7 Å². The van der Waals surface area contributed by atoms with Crippen LogP contribution in [0.4, 0.5) is 4.39 Å². The summed E-state index contributed by atoms with van der Waals surface area (Å²) in [6.45, 7) is 0.407. The Labute approximate surface area is 131 Å². The van der Waals surface area contributed by atoms with Crippen molar-refractivity contribution >= 4 is 5.91 Å². The smallest absolute Gasteiger partial charge is 0.273 e. The van der Waals surface area contributed by atoms with Crippen LogP contribution in [0.1, 0.15) is 16.3 Å². The first-order chi connectivity index (χ1) is 11.1. The largest absolute Gasteiger partial charge is 0.355 e. The third kappa shape index (κ3) is 3.42. The number of amides is 1. The van der Waals surface area contributed by atoms with Crippen molar-refractivity contribution in [3.8, 4) is 11.3 Å². The predicted molar refractivity (Wildman–Crippen MR) is 78.9 cm³/mol. The standard InChI is InChI=1S/C15H14FN5O2/c1-21-9-18-19-14(21)6-7-17-15(22)12-8-13(23-20-12)10-2-4-11(16)5-3-10/h2-5,8-9H,6-7H2,1H3,(H,17,22). The maximum Gasteiger partial charge on any atom is 0.273 e. The van der Waals surface area contributed by atoms with Crippen LogP contribution in [0.3, 0.4) is 0 Å². The molecule has 2 aromatic heterocycles. The van der Waals surface area contributed by atoms with E-state index < -0.39 is 0 Å². The summed E-state index contributed by atoms with van der Waals surface area (Å²) < 4.78 is 19.8. The van der Waals surface area contributed by atoms with Gasteiger partial charge in [-0.2, -0.15) is 0 Å². The van der Waals surface area contributed by atoms with Gasteiger partial charge in [0.1, 0.15) is 18.0 Å². The quantitative estimate of drug-likeness (QED) is 0.772. The van der Waals surface area contributed by atoms with Crippen LogP contribution in [-0.2, 0) is 13.5 Å². The van der Waals surface area contributed by atoms with Gasteiger partial charge in [0.15, 0.2) is 11.5 Å². The predicted octanol–water partition coefficient (Wildman–Crippen LogP) is 1.58. The van der Waals surface area contributed by atoms with Crippen LogP contribution >= 0.6 is 0 Å². The molecule has 23 heavy (non-hydrogen) atoms. The topological polar surface area (TPSA) is 85.8 Å². The number of halogens is 1. The molecule has 0 saturated heterocycles. The lowest BCUT2D eigenvalue weighted by atomic mass is 10.1. The molecule has 0 spiro atoms. The summed E-state index contributed by atoms with van der Waals surface area (Å²) in [5.74, 6) is 0.500. The Morgan fingerprint density at radius 2 is 2.13 bits per heavy atom. The second-order valence-corrected chi connectivity index (χ2v) is 4.95. The Kier molecular flexibility index (Phi) is 4.13. The number of aromatic nitrogens is 4. The maximum atomic E-state index is 12.9. The van der Waals surface area contributed by atoms with Crippen molar-refractivity contribution in [3.05, 3.63) is 54.0 Å². The molecule has 0 radical (unpaired) electrons. The van der Waals surface area contributed by atoms with Crippen molar-refractivity contribution in [3.63, 3.8) is 0 Å². The normalized spacial score (nSPS) is 10.7. The molecule has 7 nitrogen and oxygen atoms in total. The molecule has 1 N–H and O–H groups in total. The van der Waals surface area contributed by atoms with E-state index in [4.69, 9.17) is 4.52 Å². The summed E-state index contributed by atoms with van der Waals surface area (Å²) in [6.07, 6.45) is 2.16. The minimum absolute atomic E-state index is 0.169. The van der Waals surface area contributed by atoms with Crippen LogP contribution in [0, 0.1) is 5.82 Å². The van der Waals surface area contributed by atoms with Gasteiger partial charge in [0, 0.05) is 31.6 Å². The number of nitrogens with one attached hydrogen (secondary N) is 1. The Morgan fingerprint density at radius 1 is 1.35 bits per heavy atom. The fourth-order valence-electron chi connectivity index (χ4n) is 2.04. The number of benzene rings is 1. The van der Waals surface area contributed by atoms with Gasteiger partial charge in [0.25, 0.3) is 5.91 Å². The van der Waals surface area contributed by atoms with E-state index in [-0.39, 0.29) is 17.4 Å². The number of carbonyl (C=O) groups excluding carboxylic acids is 1. The molecule has 0 atom stereocenters. The second kappa shape index (κ2) is 6.39. The minimum atomic E-state index is -0.343. The van der Waals surface area contributed by atoms with Crippen LogP contribution in [0.25, 0.3) is 11.3 Å². The first-order valence-corrected chi connectivity index (χ1v) is 6.97. The molecule has 0 fully saturated rings. The summed E-state index contributed by atoms with van der Waals surface area (Å²) in [4.78, 5) is 12.0. The number of nitrogens with zero attached hydrogens (tertiary/aromatic N) is 4.